The van der Waals surface area contributed by atoms with E-state index in [4.69, 9.17) is 9.47 Å². The van der Waals surface area contributed by atoms with Crippen LogP contribution < -0.4 is 15.2 Å². The highest BCUT2D eigenvalue weighted by molar-refractivity contribution is 8.00. The molecule has 0 radical (unpaired) electrons. The van der Waals surface area contributed by atoms with Crippen molar-refractivity contribution in [2.24, 2.45) is 0 Å². The number of pyridine rings is 1. The lowest BCUT2D eigenvalue weighted by Crippen LogP contribution is -2.70. The molecule has 4 heterocycles. The van der Waals surface area contributed by atoms with Gasteiger partial charge in [0.15, 0.2) is 18.5 Å². The van der Waals surface area contributed by atoms with Gasteiger partial charge in [-0.15, -0.1) is 11.8 Å². The number of carbonyl (C=O) groups is 5. The maximum atomic E-state index is 14.4. The van der Waals surface area contributed by atoms with E-state index in [-0.39, 0.29) is 35.6 Å². The second kappa shape index (κ2) is 17.6. The van der Waals surface area contributed by atoms with Crippen LogP contribution in [0.3, 0.4) is 0 Å². The normalized spacial score (nSPS) is 18.4. The predicted octanol–water partition coefficient (Wildman–Crippen LogP) is 5.05. The van der Waals surface area contributed by atoms with Gasteiger partial charge in [-0.3, -0.25) is 19.3 Å². The molecule has 7 rings (SSSR count). The van der Waals surface area contributed by atoms with Gasteiger partial charge in [-0.05, 0) is 73.2 Å². The Balaban J connectivity index is 1.08. The zero-order valence-corrected chi connectivity index (χ0v) is 33.8. The van der Waals surface area contributed by atoms with Crippen molar-refractivity contribution in [3.63, 3.8) is 0 Å². The number of hydrogen-bond donors (Lipinski definition) is 3. The van der Waals surface area contributed by atoms with Crippen LogP contribution >= 0.6 is 11.8 Å². The molecule has 4 aromatic rings. The minimum atomic E-state index is -0.918. The minimum Gasteiger partial charge on any atom is -0.508 e. The number of nitrogens with one attached hydrogen (secondary N) is 2. The first kappa shape index (κ1) is 40.8. The molecule has 13 nitrogen and oxygen atoms in total. The number of β-lactam (4-membered cyclic amide) rings is 1. The number of aromatic nitrogens is 1. The number of ether oxygens (including phenoxy) is 2. The van der Waals surface area contributed by atoms with Gasteiger partial charge in [-0.1, -0.05) is 72.8 Å². The summed E-state index contributed by atoms with van der Waals surface area (Å²) in [6.07, 6.45) is 4.19. The standard InChI is InChI=1S/C45H45N5O8S/c1-45(2,3)58-44(56)47-37-41(54)50-38(43(55)57-39(31-12-6-4-7-13-31)32-14-8-5-9-15-32)34(28-59-42(37)50)24-33-19-22-49(40(33)53)26-29-17-20-48(21-18-29)27-36(52)46-25-30-11-10-16-35(51)23-30/h4-18,20-21,23-24,37,39,42H,19,22,25-28H2,1-3H3,(H2-,46,47,51,52,56)/p+1/b33-24+/t37-,42-/m1/s1. The number of aromatic hydroxyl groups is 1. The number of nitrogens with zero attached hydrogens (tertiary/aromatic N) is 3. The first-order valence-electron chi connectivity index (χ1n) is 19.3. The van der Waals surface area contributed by atoms with Crippen molar-refractivity contribution in [3.05, 3.63) is 155 Å². The molecule has 0 spiro atoms. The third kappa shape index (κ3) is 9.83. The number of rotatable bonds is 12. The third-order valence-electron chi connectivity index (χ3n) is 9.91. The van der Waals surface area contributed by atoms with Gasteiger partial charge in [0.25, 0.3) is 11.8 Å². The second-order valence-corrected chi connectivity index (χ2v) is 16.6. The summed E-state index contributed by atoms with van der Waals surface area (Å²) in [5, 5.41) is 14.6. The topological polar surface area (TPSA) is 158 Å². The number of carbonyl (C=O) groups excluding carboxylic acids is 5. The molecule has 2 fully saturated rings. The number of likely N-dealkylation sites (tertiary alicyclic amines) is 1. The Morgan fingerprint density at radius 1 is 0.932 bits per heavy atom. The number of allylic oxidation sites excluding steroid dienone is 1. The summed E-state index contributed by atoms with van der Waals surface area (Å²) in [6, 6.07) is 28.2. The highest BCUT2D eigenvalue weighted by Gasteiger charge is 2.55. The van der Waals surface area contributed by atoms with Gasteiger partial charge in [-0.25, -0.2) is 9.59 Å². The molecule has 59 heavy (non-hydrogen) atoms. The molecule has 3 N–H and O–H groups in total. The average Bonchev–Trinajstić information content (AvgIpc) is 3.55. The molecular formula is C45H46N5O8S+. The van der Waals surface area contributed by atoms with Gasteiger partial charge < -0.3 is 30.1 Å². The molecule has 3 aliphatic heterocycles. The molecule has 2 atom stereocenters. The molecule has 0 saturated carbocycles. The predicted molar refractivity (Wildman–Crippen MR) is 219 cm³/mol. The number of amides is 4. The van der Waals surface area contributed by atoms with Crippen molar-refractivity contribution in [3.8, 4) is 5.75 Å². The maximum Gasteiger partial charge on any atom is 0.408 e. The molecule has 14 heteroatoms. The number of alkyl carbamates (subject to hydrolysis) is 1. The number of esters is 1. The molecule has 3 aromatic carbocycles. The zero-order chi connectivity index (χ0) is 41.7. The Morgan fingerprint density at radius 3 is 2.25 bits per heavy atom. The Kier molecular flexibility index (Phi) is 12.2. The van der Waals surface area contributed by atoms with Crippen molar-refractivity contribution in [1.29, 1.82) is 0 Å². The van der Waals surface area contributed by atoms with Gasteiger partial charge in [0.2, 0.25) is 12.5 Å². The van der Waals surface area contributed by atoms with Crippen molar-refractivity contribution in [2.45, 2.75) is 69.9 Å². The van der Waals surface area contributed by atoms with Crippen LogP contribution in [0.4, 0.5) is 4.79 Å². The lowest BCUT2D eigenvalue weighted by Gasteiger charge is -2.49. The van der Waals surface area contributed by atoms with E-state index in [0.29, 0.717) is 37.2 Å². The van der Waals surface area contributed by atoms with Crippen molar-refractivity contribution in [2.75, 3.05) is 12.3 Å². The summed E-state index contributed by atoms with van der Waals surface area (Å²) in [7, 11) is 0. The van der Waals surface area contributed by atoms with Crippen molar-refractivity contribution < 1.29 is 43.1 Å². The van der Waals surface area contributed by atoms with Gasteiger partial charge in [0.05, 0.1) is 0 Å². The molecule has 2 saturated heterocycles. The molecule has 3 aliphatic rings. The summed E-state index contributed by atoms with van der Waals surface area (Å²) in [5.74, 6) is -1.17. The molecule has 0 unspecified atom stereocenters. The van der Waals surface area contributed by atoms with Crippen LogP contribution in [0.5, 0.6) is 5.75 Å². The number of phenolic OH excluding ortho intramolecular Hbond substituents is 1. The van der Waals surface area contributed by atoms with Crippen LogP contribution in [0.15, 0.2) is 132 Å². The van der Waals surface area contributed by atoms with E-state index in [9.17, 15) is 29.1 Å². The molecule has 0 bridgehead atoms. The highest BCUT2D eigenvalue weighted by atomic mass is 32.2. The fraction of sp³-hybridized carbons (Fsp3) is 0.289. The molecule has 0 aliphatic carbocycles. The van der Waals surface area contributed by atoms with Crippen LogP contribution in [0.1, 0.15) is 55.5 Å². The van der Waals surface area contributed by atoms with Crippen molar-refractivity contribution >= 4 is 41.5 Å². The Labute approximate surface area is 346 Å². The molecule has 1 aromatic heterocycles. The number of phenols is 1. The van der Waals surface area contributed by atoms with E-state index >= 15 is 0 Å². The highest BCUT2D eigenvalue weighted by Crippen LogP contribution is 2.43. The van der Waals surface area contributed by atoms with Gasteiger partial charge in [-0.2, -0.15) is 4.57 Å². The molecule has 4 amide bonds. The Bertz CT molecular complexity index is 2250. The number of thioether (sulfide) groups is 1. The van der Waals surface area contributed by atoms with Gasteiger partial charge >= 0.3 is 12.1 Å². The van der Waals surface area contributed by atoms with E-state index in [1.807, 2.05) is 78.9 Å². The quantitative estimate of drug-likeness (QED) is 0.0771. The monoisotopic (exact) mass is 816 g/mol. The van der Waals surface area contributed by atoms with E-state index in [1.165, 1.54) is 16.7 Å². The average molecular weight is 817 g/mol. The number of fused-ring (bicyclic) bond motifs is 1. The minimum absolute atomic E-state index is 0.0372. The summed E-state index contributed by atoms with van der Waals surface area (Å²) < 4.78 is 13.4. The van der Waals surface area contributed by atoms with Gasteiger partial charge in [0, 0.05) is 43.1 Å². The SMILES string of the molecule is CC(C)(C)OC(=O)N[C@@H]1C(=O)N2C(C(=O)OC(c3ccccc3)c3ccccc3)=C(/C=C3\CCN(Cc4cc[n+](CC(=O)NCc5cccc(O)c5)cc4)C3=O)CS[C@H]12. The fourth-order valence-corrected chi connectivity index (χ4v) is 8.40. The van der Waals surface area contributed by atoms with Crippen LogP contribution in [0.25, 0.3) is 0 Å². The van der Waals surface area contributed by atoms with Crippen molar-refractivity contribution in [1.82, 2.24) is 20.4 Å². The van der Waals surface area contributed by atoms with E-state index in [1.54, 1.807) is 66.9 Å². The van der Waals surface area contributed by atoms with Crippen LogP contribution in [0.2, 0.25) is 0 Å². The summed E-state index contributed by atoms with van der Waals surface area (Å²) in [5.41, 5.74) is 3.40. The molecular weight excluding hydrogens is 771 g/mol. The maximum absolute atomic E-state index is 14.4. The third-order valence-corrected chi connectivity index (χ3v) is 11.2. The largest absolute Gasteiger partial charge is 0.508 e. The van der Waals surface area contributed by atoms with Gasteiger partial charge in [0.1, 0.15) is 28.5 Å². The zero-order valence-electron chi connectivity index (χ0n) is 33.0. The van der Waals surface area contributed by atoms with E-state index < -0.39 is 41.1 Å². The van der Waals surface area contributed by atoms with Crippen LogP contribution in [-0.2, 0) is 48.3 Å². The lowest BCUT2D eigenvalue weighted by molar-refractivity contribution is -0.684. The smallest absolute Gasteiger partial charge is 0.408 e. The van der Waals surface area contributed by atoms with Crippen LogP contribution in [0, 0.1) is 0 Å². The summed E-state index contributed by atoms with van der Waals surface area (Å²) in [6.45, 7) is 6.38. The summed E-state index contributed by atoms with van der Waals surface area (Å²) >= 11 is 1.38. The first-order valence-corrected chi connectivity index (χ1v) is 20.4. The summed E-state index contributed by atoms with van der Waals surface area (Å²) in [4.78, 5) is 70.4. The lowest BCUT2D eigenvalue weighted by atomic mass is 10.00. The second-order valence-electron chi connectivity index (χ2n) is 15.5. The number of benzene rings is 3. The Hall–Kier alpha value is -6.41. The van der Waals surface area contributed by atoms with E-state index in [0.717, 1.165) is 22.3 Å². The fourth-order valence-electron chi connectivity index (χ4n) is 7.09. The number of hydrogen-bond acceptors (Lipinski definition) is 9. The van der Waals surface area contributed by atoms with E-state index in [2.05, 4.69) is 10.6 Å². The first-order chi connectivity index (χ1) is 28.3. The van der Waals surface area contributed by atoms with Crippen LogP contribution in [-0.4, -0.2) is 74.0 Å². The molecule has 304 valence electrons. The Morgan fingerprint density at radius 2 is 1.61 bits per heavy atom.